The van der Waals surface area contributed by atoms with Gasteiger partial charge in [0.25, 0.3) is 0 Å². The van der Waals surface area contributed by atoms with Crippen molar-refractivity contribution in [3.05, 3.63) is 5.01 Å². The molecule has 1 aromatic heterocycles. The maximum Gasteiger partial charge on any atom is 0.205 e. The molecule has 0 aliphatic heterocycles. The van der Waals surface area contributed by atoms with Gasteiger partial charge in [-0.15, -0.1) is 10.2 Å². The van der Waals surface area contributed by atoms with E-state index in [0.717, 1.165) is 30.8 Å². The molecule has 0 radical (unpaired) electrons. The third-order valence-corrected chi connectivity index (χ3v) is 4.41. The summed E-state index contributed by atoms with van der Waals surface area (Å²) >= 11 is 1.70. The Morgan fingerprint density at radius 1 is 1.06 bits per heavy atom. The Labute approximate surface area is 99.1 Å². The van der Waals surface area contributed by atoms with Gasteiger partial charge in [-0.1, -0.05) is 11.3 Å². The highest BCUT2D eigenvalue weighted by atomic mass is 32.1. The number of nitrogens with one attached hydrogen (secondary N) is 1. The maximum atomic E-state index is 9.43. The monoisotopic (exact) mass is 239 g/mol. The molecule has 16 heavy (non-hydrogen) atoms. The highest BCUT2D eigenvalue weighted by molar-refractivity contribution is 7.15. The summed E-state index contributed by atoms with van der Waals surface area (Å²) in [6.45, 7) is 0. The van der Waals surface area contributed by atoms with Gasteiger partial charge in [-0.3, -0.25) is 0 Å². The standard InChI is InChI=1S/C11H17N3OS/c15-9-5-3-8(4-6-9)12-11-14-13-10(16-11)7-1-2-7/h7-9,15H,1-6H2,(H,12,14). The van der Waals surface area contributed by atoms with Gasteiger partial charge in [-0.25, -0.2) is 0 Å². The predicted octanol–water partition coefficient (Wildman–Crippen LogP) is 2.13. The number of anilines is 1. The van der Waals surface area contributed by atoms with Crippen molar-refractivity contribution in [1.29, 1.82) is 0 Å². The van der Waals surface area contributed by atoms with Gasteiger partial charge in [0, 0.05) is 12.0 Å². The second-order valence-corrected chi connectivity index (χ2v) is 5.88. The fraction of sp³-hybridized carbons (Fsp3) is 0.818. The molecule has 0 atom stereocenters. The molecule has 1 aromatic rings. The average Bonchev–Trinajstić information content (AvgIpc) is 3.04. The Morgan fingerprint density at radius 2 is 1.81 bits per heavy atom. The van der Waals surface area contributed by atoms with Crippen LogP contribution >= 0.6 is 11.3 Å². The molecule has 3 rings (SSSR count). The first kappa shape index (κ1) is 10.5. The molecule has 0 spiro atoms. The van der Waals surface area contributed by atoms with E-state index in [2.05, 4.69) is 15.5 Å². The number of aliphatic hydroxyl groups is 1. The van der Waals surface area contributed by atoms with Gasteiger partial charge in [0.15, 0.2) is 0 Å². The van der Waals surface area contributed by atoms with Crippen LogP contribution in [-0.2, 0) is 0 Å². The minimum atomic E-state index is -0.0884. The molecule has 2 saturated carbocycles. The first-order valence-corrected chi connectivity index (χ1v) is 6.91. The number of rotatable bonds is 3. The van der Waals surface area contributed by atoms with Crippen LogP contribution in [0.5, 0.6) is 0 Å². The molecule has 4 nitrogen and oxygen atoms in total. The lowest BCUT2D eigenvalue weighted by Gasteiger charge is -2.25. The van der Waals surface area contributed by atoms with Crippen molar-refractivity contribution in [3.8, 4) is 0 Å². The van der Waals surface area contributed by atoms with Crippen molar-refractivity contribution < 1.29 is 5.11 Å². The van der Waals surface area contributed by atoms with Crippen LogP contribution in [0.15, 0.2) is 0 Å². The quantitative estimate of drug-likeness (QED) is 0.848. The highest BCUT2D eigenvalue weighted by Gasteiger charge is 2.28. The Balaban J connectivity index is 1.56. The first-order valence-electron chi connectivity index (χ1n) is 6.09. The molecule has 0 saturated heterocycles. The molecule has 2 aliphatic rings. The van der Waals surface area contributed by atoms with Gasteiger partial charge < -0.3 is 10.4 Å². The molecule has 2 fully saturated rings. The van der Waals surface area contributed by atoms with Gasteiger partial charge in [-0.2, -0.15) is 0 Å². The van der Waals surface area contributed by atoms with Gasteiger partial charge in [0.05, 0.1) is 6.10 Å². The van der Waals surface area contributed by atoms with Crippen LogP contribution < -0.4 is 5.32 Å². The normalized spacial score (nSPS) is 30.3. The van der Waals surface area contributed by atoms with Crippen molar-refractivity contribution >= 4 is 16.5 Å². The van der Waals surface area contributed by atoms with Crippen LogP contribution in [0.3, 0.4) is 0 Å². The van der Waals surface area contributed by atoms with Crippen LogP contribution in [0, 0.1) is 0 Å². The third kappa shape index (κ3) is 2.35. The number of aliphatic hydroxyl groups excluding tert-OH is 1. The van der Waals surface area contributed by atoms with Gasteiger partial charge in [0.1, 0.15) is 5.01 Å². The van der Waals surface area contributed by atoms with Crippen molar-refractivity contribution in [2.45, 2.75) is 56.6 Å². The van der Waals surface area contributed by atoms with E-state index in [0.29, 0.717) is 12.0 Å². The fourth-order valence-corrected chi connectivity index (χ4v) is 3.17. The summed E-state index contributed by atoms with van der Waals surface area (Å²) in [4.78, 5) is 0. The minimum Gasteiger partial charge on any atom is -0.393 e. The summed E-state index contributed by atoms with van der Waals surface area (Å²) in [5, 5.41) is 23.4. The minimum absolute atomic E-state index is 0.0884. The molecule has 0 amide bonds. The second kappa shape index (κ2) is 4.30. The topological polar surface area (TPSA) is 58.0 Å². The molecule has 0 bridgehead atoms. The summed E-state index contributed by atoms with van der Waals surface area (Å²) in [7, 11) is 0. The van der Waals surface area contributed by atoms with E-state index in [1.165, 1.54) is 17.8 Å². The van der Waals surface area contributed by atoms with E-state index in [1.54, 1.807) is 11.3 Å². The SMILES string of the molecule is OC1CCC(Nc2nnc(C3CC3)s2)CC1. The Hall–Kier alpha value is -0.680. The fourth-order valence-electron chi connectivity index (χ4n) is 2.18. The third-order valence-electron chi connectivity index (χ3n) is 3.39. The molecule has 2 aliphatic carbocycles. The summed E-state index contributed by atoms with van der Waals surface area (Å²) in [5.41, 5.74) is 0. The largest absolute Gasteiger partial charge is 0.393 e. The van der Waals surface area contributed by atoms with Crippen molar-refractivity contribution in [2.75, 3.05) is 5.32 Å². The maximum absolute atomic E-state index is 9.43. The molecular weight excluding hydrogens is 222 g/mol. The second-order valence-electron chi connectivity index (χ2n) is 4.87. The zero-order valence-electron chi connectivity index (χ0n) is 9.22. The number of nitrogens with zero attached hydrogens (tertiary/aromatic N) is 2. The van der Waals surface area contributed by atoms with Crippen molar-refractivity contribution in [3.63, 3.8) is 0 Å². The molecule has 2 N–H and O–H groups in total. The number of hydrogen-bond donors (Lipinski definition) is 2. The molecule has 1 heterocycles. The van der Waals surface area contributed by atoms with Gasteiger partial charge >= 0.3 is 0 Å². The zero-order valence-corrected chi connectivity index (χ0v) is 10.0. The highest BCUT2D eigenvalue weighted by Crippen LogP contribution is 2.42. The van der Waals surface area contributed by atoms with Crippen LogP contribution in [-0.4, -0.2) is 27.4 Å². The smallest absolute Gasteiger partial charge is 0.205 e. The molecule has 0 aromatic carbocycles. The van der Waals surface area contributed by atoms with Crippen molar-refractivity contribution in [1.82, 2.24) is 10.2 Å². The average molecular weight is 239 g/mol. The lowest BCUT2D eigenvalue weighted by Crippen LogP contribution is -2.28. The van der Waals surface area contributed by atoms with E-state index < -0.39 is 0 Å². The summed E-state index contributed by atoms with van der Waals surface area (Å²) in [6, 6.07) is 0.475. The van der Waals surface area contributed by atoms with Crippen LogP contribution in [0.1, 0.15) is 49.5 Å². The lowest BCUT2D eigenvalue weighted by molar-refractivity contribution is 0.126. The van der Waals surface area contributed by atoms with E-state index in [1.807, 2.05) is 0 Å². The van der Waals surface area contributed by atoms with E-state index in [9.17, 15) is 5.11 Å². The van der Waals surface area contributed by atoms with E-state index in [4.69, 9.17) is 0 Å². The lowest BCUT2D eigenvalue weighted by atomic mass is 9.93. The summed E-state index contributed by atoms with van der Waals surface area (Å²) in [5.74, 6) is 0.696. The Kier molecular flexibility index (Phi) is 2.81. The van der Waals surface area contributed by atoms with Crippen LogP contribution in [0.4, 0.5) is 5.13 Å². The van der Waals surface area contributed by atoms with E-state index in [-0.39, 0.29) is 6.10 Å². The van der Waals surface area contributed by atoms with Crippen LogP contribution in [0.25, 0.3) is 0 Å². The summed E-state index contributed by atoms with van der Waals surface area (Å²) in [6.07, 6.45) is 6.38. The van der Waals surface area contributed by atoms with Crippen LogP contribution in [0.2, 0.25) is 0 Å². The number of aromatic nitrogens is 2. The van der Waals surface area contributed by atoms with Crippen molar-refractivity contribution in [2.24, 2.45) is 0 Å². The molecule has 5 heteroatoms. The van der Waals surface area contributed by atoms with Gasteiger partial charge in [0.2, 0.25) is 5.13 Å². The molecule has 0 unspecified atom stereocenters. The Bertz CT molecular complexity index is 356. The summed E-state index contributed by atoms with van der Waals surface area (Å²) < 4.78 is 0. The molecule has 88 valence electrons. The molecular formula is C11H17N3OS. The Morgan fingerprint density at radius 3 is 2.50 bits per heavy atom. The predicted molar refractivity (Wildman–Crippen MR) is 63.8 cm³/mol. The first-order chi connectivity index (χ1) is 7.81. The van der Waals surface area contributed by atoms with E-state index >= 15 is 0 Å². The zero-order chi connectivity index (χ0) is 11.0. The van der Waals surface area contributed by atoms with Gasteiger partial charge in [-0.05, 0) is 38.5 Å². The number of hydrogen-bond acceptors (Lipinski definition) is 5.